The summed E-state index contributed by atoms with van der Waals surface area (Å²) in [6.45, 7) is 7.61. The van der Waals surface area contributed by atoms with E-state index in [2.05, 4.69) is 17.2 Å². The highest BCUT2D eigenvalue weighted by molar-refractivity contribution is 5.99. The van der Waals surface area contributed by atoms with E-state index in [-0.39, 0.29) is 12.5 Å². The largest absolute Gasteiger partial charge is 0.497 e. The van der Waals surface area contributed by atoms with Crippen LogP contribution in [0.15, 0.2) is 54.7 Å². The van der Waals surface area contributed by atoms with Gasteiger partial charge in [0.15, 0.2) is 0 Å². The highest BCUT2D eigenvalue weighted by atomic mass is 16.5. The van der Waals surface area contributed by atoms with Crippen LogP contribution in [0, 0.1) is 11.8 Å². The lowest BCUT2D eigenvalue weighted by Gasteiger charge is -2.32. The smallest absolute Gasteiger partial charge is 0.299 e. The highest BCUT2D eigenvalue weighted by Crippen LogP contribution is 2.32. The molecule has 3 rings (SSSR count). The molecule has 0 aliphatic carbocycles. The Hall–Kier alpha value is -3.72. The zero-order valence-electron chi connectivity index (χ0n) is 20.1. The molecule has 0 saturated carbocycles. The van der Waals surface area contributed by atoms with E-state index >= 15 is 0 Å². The zero-order chi connectivity index (χ0) is 24.2. The normalized spacial score (nSPS) is 11.9. The first-order chi connectivity index (χ1) is 15.6. The molecule has 1 N–H and O–H groups in total. The molecule has 2 aromatic carbocycles. The number of fused-ring (bicyclic) bond motifs is 1. The lowest BCUT2D eigenvalue weighted by molar-refractivity contribution is -0.138. The summed E-state index contributed by atoms with van der Waals surface area (Å²) in [4.78, 5) is 28.5. The van der Waals surface area contributed by atoms with Gasteiger partial charge in [-0.2, -0.15) is 0 Å². The summed E-state index contributed by atoms with van der Waals surface area (Å²) in [6, 6.07) is 14.5. The Morgan fingerprint density at radius 3 is 2.39 bits per heavy atom. The fourth-order valence-electron chi connectivity index (χ4n) is 3.87. The van der Waals surface area contributed by atoms with Crippen LogP contribution in [0.4, 0.5) is 0 Å². The number of hydrogen-bond acceptors (Lipinski definition) is 3. The Balaban J connectivity index is 2.16. The minimum Gasteiger partial charge on any atom is -0.497 e. The molecule has 0 aliphatic rings. The minimum atomic E-state index is -0.856. The number of carbonyl (C=O) groups is 2. The molecule has 2 amide bonds. The van der Waals surface area contributed by atoms with E-state index in [1.807, 2.05) is 87.1 Å². The number of aryl methyl sites for hydroxylation is 1. The number of para-hydroxylation sites is 1. The average Bonchev–Trinajstić information content (AvgIpc) is 3.09. The third-order valence-corrected chi connectivity index (χ3v) is 5.29. The number of aromatic nitrogens is 1. The maximum Gasteiger partial charge on any atom is 0.299 e. The van der Waals surface area contributed by atoms with E-state index in [4.69, 9.17) is 4.74 Å². The quantitative estimate of drug-likeness (QED) is 0.579. The minimum absolute atomic E-state index is 0.225. The van der Waals surface area contributed by atoms with Crippen molar-refractivity contribution < 1.29 is 14.3 Å². The first-order valence-electron chi connectivity index (χ1n) is 10.9. The fraction of sp³-hybridized carbons (Fsp3) is 0.333. The van der Waals surface area contributed by atoms with Crippen molar-refractivity contribution in [1.29, 1.82) is 0 Å². The van der Waals surface area contributed by atoms with E-state index in [9.17, 15) is 9.59 Å². The van der Waals surface area contributed by atoms with Crippen molar-refractivity contribution >= 4 is 22.7 Å². The number of methoxy groups -OCH3 is 1. The second-order valence-corrected chi connectivity index (χ2v) is 9.01. The Morgan fingerprint density at radius 1 is 1.12 bits per heavy atom. The summed E-state index contributed by atoms with van der Waals surface area (Å²) in [6.07, 6.45) is 1.92. The summed E-state index contributed by atoms with van der Waals surface area (Å²) in [5.74, 6) is 5.39. The molecule has 1 atom stereocenters. The summed E-state index contributed by atoms with van der Waals surface area (Å²) in [5.41, 5.74) is 2.15. The van der Waals surface area contributed by atoms with E-state index in [1.54, 1.807) is 18.9 Å². The van der Waals surface area contributed by atoms with Crippen LogP contribution in [0.5, 0.6) is 5.75 Å². The SMILES string of the molecule is CC#CC(=O)N(Cc1ccc(OC)cc1)C(C(=O)NC(C)(C)C)c1cn(C)c2ccccc12. The van der Waals surface area contributed by atoms with Gasteiger partial charge in [-0.15, -0.1) is 0 Å². The van der Waals surface area contributed by atoms with Gasteiger partial charge in [-0.05, 0) is 57.4 Å². The molecule has 6 heteroatoms. The van der Waals surface area contributed by atoms with Gasteiger partial charge in [0.05, 0.1) is 7.11 Å². The summed E-state index contributed by atoms with van der Waals surface area (Å²) in [5, 5.41) is 3.99. The Labute approximate surface area is 195 Å². The topological polar surface area (TPSA) is 63.6 Å². The van der Waals surface area contributed by atoms with Crippen LogP contribution < -0.4 is 10.1 Å². The van der Waals surface area contributed by atoms with Gasteiger partial charge in [-0.1, -0.05) is 36.3 Å². The van der Waals surface area contributed by atoms with Crippen molar-refractivity contribution in [2.24, 2.45) is 7.05 Å². The second kappa shape index (κ2) is 9.83. The summed E-state index contributed by atoms with van der Waals surface area (Å²) >= 11 is 0. The Bertz CT molecular complexity index is 1210. The monoisotopic (exact) mass is 445 g/mol. The van der Waals surface area contributed by atoms with Gasteiger partial charge in [-0.25, -0.2) is 0 Å². The zero-order valence-corrected chi connectivity index (χ0v) is 20.1. The van der Waals surface area contributed by atoms with Crippen LogP contribution in [-0.2, 0) is 23.2 Å². The second-order valence-electron chi connectivity index (χ2n) is 9.01. The van der Waals surface area contributed by atoms with Gasteiger partial charge < -0.3 is 19.5 Å². The first-order valence-corrected chi connectivity index (χ1v) is 10.9. The van der Waals surface area contributed by atoms with E-state index in [1.165, 1.54) is 0 Å². The van der Waals surface area contributed by atoms with Gasteiger partial charge in [-0.3, -0.25) is 9.59 Å². The highest BCUT2D eigenvalue weighted by Gasteiger charge is 2.34. The predicted octanol–water partition coefficient (Wildman–Crippen LogP) is 4.19. The van der Waals surface area contributed by atoms with Crippen LogP contribution in [0.25, 0.3) is 10.9 Å². The van der Waals surface area contributed by atoms with Crippen molar-refractivity contribution in [3.05, 3.63) is 65.9 Å². The standard InChI is InChI=1S/C27H31N3O3/c1-7-10-24(31)30(17-19-13-15-20(33-6)16-14-19)25(26(32)28-27(2,3)4)22-18-29(5)23-12-9-8-11-21(22)23/h8-9,11-16,18,25H,17H2,1-6H3,(H,28,32). The molecule has 33 heavy (non-hydrogen) atoms. The Kier molecular flexibility index (Phi) is 7.13. The average molecular weight is 446 g/mol. The maximum absolute atomic E-state index is 13.7. The molecule has 3 aromatic rings. The number of carbonyl (C=O) groups excluding carboxylic acids is 2. The number of amides is 2. The molecule has 1 unspecified atom stereocenters. The molecule has 0 spiro atoms. The van der Waals surface area contributed by atoms with Gasteiger partial charge in [0.2, 0.25) is 5.91 Å². The number of benzene rings is 2. The first kappa shape index (κ1) is 23.9. The lowest BCUT2D eigenvalue weighted by atomic mass is 10.00. The fourth-order valence-corrected chi connectivity index (χ4v) is 3.87. The van der Waals surface area contributed by atoms with E-state index in [0.717, 1.165) is 27.8 Å². The van der Waals surface area contributed by atoms with Crippen LogP contribution >= 0.6 is 0 Å². The van der Waals surface area contributed by atoms with Crippen molar-refractivity contribution in [3.63, 3.8) is 0 Å². The Morgan fingerprint density at radius 2 is 1.79 bits per heavy atom. The number of hydrogen-bond donors (Lipinski definition) is 1. The van der Waals surface area contributed by atoms with Gasteiger partial charge in [0.25, 0.3) is 5.91 Å². The molecule has 0 fully saturated rings. The molecule has 6 nitrogen and oxygen atoms in total. The van der Waals surface area contributed by atoms with E-state index in [0.29, 0.717) is 0 Å². The number of ether oxygens (including phenoxy) is 1. The third-order valence-electron chi connectivity index (χ3n) is 5.29. The number of nitrogens with one attached hydrogen (secondary N) is 1. The lowest BCUT2D eigenvalue weighted by Crippen LogP contribution is -2.48. The predicted molar refractivity (Wildman–Crippen MR) is 131 cm³/mol. The van der Waals surface area contributed by atoms with Crippen molar-refractivity contribution in [2.45, 2.75) is 45.8 Å². The van der Waals surface area contributed by atoms with Crippen LogP contribution in [0.3, 0.4) is 0 Å². The molecular weight excluding hydrogens is 414 g/mol. The van der Waals surface area contributed by atoms with Crippen LogP contribution in [0.1, 0.15) is 44.9 Å². The van der Waals surface area contributed by atoms with Gasteiger partial charge in [0, 0.05) is 41.8 Å². The molecule has 1 heterocycles. The van der Waals surface area contributed by atoms with E-state index < -0.39 is 17.5 Å². The van der Waals surface area contributed by atoms with Gasteiger partial charge in [0.1, 0.15) is 11.8 Å². The molecule has 0 aliphatic heterocycles. The number of rotatable bonds is 6. The van der Waals surface area contributed by atoms with Crippen molar-refractivity contribution in [1.82, 2.24) is 14.8 Å². The van der Waals surface area contributed by atoms with Crippen LogP contribution in [0.2, 0.25) is 0 Å². The molecule has 0 radical (unpaired) electrons. The summed E-state index contributed by atoms with van der Waals surface area (Å²) < 4.78 is 7.23. The number of nitrogens with zero attached hydrogens (tertiary/aromatic N) is 2. The third kappa shape index (κ3) is 5.56. The molecule has 1 aromatic heterocycles. The molecular formula is C27H31N3O3. The van der Waals surface area contributed by atoms with Gasteiger partial charge >= 0.3 is 0 Å². The maximum atomic E-state index is 13.7. The van der Waals surface area contributed by atoms with Crippen LogP contribution in [-0.4, -0.2) is 33.9 Å². The molecule has 0 bridgehead atoms. The van der Waals surface area contributed by atoms with Crippen molar-refractivity contribution in [2.75, 3.05) is 7.11 Å². The molecule has 0 saturated heterocycles. The van der Waals surface area contributed by atoms with Crippen molar-refractivity contribution in [3.8, 4) is 17.6 Å². The summed E-state index contributed by atoms with van der Waals surface area (Å²) in [7, 11) is 3.54. The molecule has 172 valence electrons.